The average Bonchev–Trinajstić information content (AvgIpc) is 3.11. The Morgan fingerprint density at radius 3 is 2.69 bits per heavy atom. The Labute approximate surface area is 159 Å². The first-order valence-electron chi connectivity index (χ1n) is 9.15. The van der Waals surface area contributed by atoms with Crippen LogP contribution in [0.25, 0.3) is 6.08 Å². The molecule has 1 aromatic rings. The second-order valence-electron chi connectivity index (χ2n) is 7.26. The summed E-state index contributed by atoms with van der Waals surface area (Å²) in [5.41, 5.74) is 1.29. The summed E-state index contributed by atoms with van der Waals surface area (Å²) in [6, 6.07) is -0.244. The summed E-state index contributed by atoms with van der Waals surface area (Å²) in [6.45, 7) is 2.26. The van der Waals surface area contributed by atoms with Gasteiger partial charge in [-0.2, -0.15) is 5.10 Å². The minimum atomic E-state index is -3.02. The van der Waals surface area contributed by atoms with Gasteiger partial charge in [-0.3, -0.25) is 0 Å². The molecule has 0 radical (unpaired) electrons. The molecule has 0 N–H and O–H groups in total. The van der Waals surface area contributed by atoms with Crippen LogP contribution in [-0.4, -0.2) is 42.3 Å². The van der Waals surface area contributed by atoms with Crippen molar-refractivity contribution < 1.29 is 17.9 Å². The number of carbonyl (C=O) groups excluding carboxylic acids is 1. The lowest BCUT2D eigenvalue weighted by Gasteiger charge is -2.20. The first kappa shape index (κ1) is 19.4. The molecule has 26 heavy (non-hydrogen) atoms. The number of hydrogen-bond donors (Lipinski definition) is 0. The molecule has 1 saturated carbocycles. The highest BCUT2D eigenvalue weighted by Gasteiger charge is 2.31. The van der Waals surface area contributed by atoms with Crippen LogP contribution >= 0.6 is 11.6 Å². The molecular weight excluding hydrogens is 376 g/mol. The lowest BCUT2D eigenvalue weighted by molar-refractivity contribution is -0.139. The summed E-state index contributed by atoms with van der Waals surface area (Å²) < 4.78 is 30.3. The fraction of sp³-hybridized carbons (Fsp3) is 0.667. The van der Waals surface area contributed by atoms with Gasteiger partial charge >= 0.3 is 5.97 Å². The lowest BCUT2D eigenvalue weighted by Crippen LogP contribution is -2.15. The molecule has 0 unspecified atom stereocenters. The van der Waals surface area contributed by atoms with E-state index in [0.717, 1.165) is 12.8 Å². The monoisotopic (exact) mass is 400 g/mol. The SMILES string of the molecule is Cc1nn([C@@H]2CCS(=O)(=O)C2)c(Cl)c1/C=C/C(=O)OCC1CCCCC1. The molecule has 0 amide bonds. The average molecular weight is 401 g/mol. The highest BCUT2D eigenvalue weighted by Crippen LogP contribution is 2.30. The van der Waals surface area contributed by atoms with E-state index in [4.69, 9.17) is 16.3 Å². The summed E-state index contributed by atoms with van der Waals surface area (Å²) >= 11 is 6.39. The van der Waals surface area contributed by atoms with Crippen molar-refractivity contribution in [1.82, 2.24) is 9.78 Å². The molecule has 8 heteroatoms. The number of ether oxygens (including phenoxy) is 1. The lowest BCUT2D eigenvalue weighted by atomic mass is 9.90. The Bertz CT molecular complexity index is 794. The van der Waals surface area contributed by atoms with Crippen LogP contribution in [0.4, 0.5) is 0 Å². The summed E-state index contributed by atoms with van der Waals surface area (Å²) in [6.07, 6.45) is 9.43. The molecular formula is C18H25ClN2O4S. The van der Waals surface area contributed by atoms with Crippen molar-refractivity contribution in [2.24, 2.45) is 5.92 Å². The standard InChI is InChI=1S/C18H25ClN2O4S/c1-13-16(7-8-17(22)25-11-14-5-3-2-4-6-14)18(19)21(20-13)15-9-10-26(23,24)12-15/h7-8,14-15H,2-6,9-12H2,1H3/b8-7+/t15-/m1/s1. The molecule has 6 nitrogen and oxygen atoms in total. The van der Waals surface area contributed by atoms with Crippen molar-refractivity contribution in [3.05, 3.63) is 22.5 Å². The molecule has 1 atom stereocenters. The summed E-state index contributed by atoms with van der Waals surface area (Å²) in [5.74, 6) is 0.298. The van der Waals surface area contributed by atoms with E-state index in [1.807, 2.05) is 0 Å². The van der Waals surface area contributed by atoms with E-state index in [9.17, 15) is 13.2 Å². The molecule has 2 fully saturated rings. The predicted molar refractivity (Wildman–Crippen MR) is 101 cm³/mol. The van der Waals surface area contributed by atoms with Gasteiger partial charge in [0.15, 0.2) is 9.84 Å². The van der Waals surface area contributed by atoms with E-state index in [1.165, 1.54) is 25.3 Å². The molecule has 2 heterocycles. The van der Waals surface area contributed by atoms with Gasteiger partial charge in [0.25, 0.3) is 0 Å². The van der Waals surface area contributed by atoms with Gasteiger partial charge in [0.2, 0.25) is 0 Å². The maximum atomic E-state index is 12.0. The molecule has 1 saturated heterocycles. The second-order valence-corrected chi connectivity index (χ2v) is 9.85. The van der Waals surface area contributed by atoms with Gasteiger partial charge in [0.05, 0.1) is 29.8 Å². The number of aromatic nitrogens is 2. The third-order valence-corrected chi connectivity index (χ3v) is 7.32. The van der Waals surface area contributed by atoms with Gasteiger partial charge in [-0.25, -0.2) is 17.9 Å². The Kier molecular flexibility index (Phi) is 6.07. The van der Waals surface area contributed by atoms with Gasteiger partial charge in [0, 0.05) is 11.6 Å². The van der Waals surface area contributed by atoms with Crippen LogP contribution in [0, 0.1) is 12.8 Å². The molecule has 1 aliphatic heterocycles. The van der Waals surface area contributed by atoms with Crippen molar-refractivity contribution >= 4 is 33.5 Å². The molecule has 2 aliphatic rings. The van der Waals surface area contributed by atoms with Crippen molar-refractivity contribution in [3.63, 3.8) is 0 Å². The van der Waals surface area contributed by atoms with E-state index < -0.39 is 9.84 Å². The van der Waals surface area contributed by atoms with Gasteiger partial charge in [-0.05, 0) is 38.2 Å². The fourth-order valence-electron chi connectivity index (χ4n) is 3.68. The molecule has 144 valence electrons. The highest BCUT2D eigenvalue weighted by molar-refractivity contribution is 7.91. The summed E-state index contributed by atoms with van der Waals surface area (Å²) in [5, 5.41) is 4.73. The third kappa shape index (κ3) is 4.68. The topological polar surface area (TPSA) is 78.3 Å². The number of esters is 1. The number of carbonyl (C=O) groups is 1. The Hall–Kier alpha value is -1.34. The van der Waals surface area contributed by atoms with E-state index >= 15 is 0 Å². The quantitative estimate of drug-likeness (QED) is 0.559. The van der Waals surface area contributed by atoms with Gasteiger partial charge < -0.3 is 4.74 Å². The van der Waals surface area contributed by atoms with E-state index in [-0.39, 0.29) is 23.5 Å². The fourth-order valence-corrected chi connectivity index (χ4v) is 5.75. The minimum absolute atomic E-state index is 0.0560. The number of nitrogens with zero attached hydrogens (tertiary/aromatic N) is 2. The van der Waals surface area contributed by atoms with Crippen LogP contribution in [-0.2, 0) is 19.4 Å². The van der Waals surface area contributed by atoms with Crippen LogP contribution < -0.4 is 0 Å². The van der Waals surface area contributed by atoms with Gasteiger partial charge in [-0.15, -0.1) is 0 Å². The first-order chi connectivity index (χ1) is 12.4. The molecule has 0 aromatic carbocycles. The normalized spacial score (nSPS) is 23.5. The van der Waals surface area contributed by atoms with Gasteiger partial charge in [0.1, 0.15) is 5.15 Å². The highest BCUT2D eigenvalue weighted by atomic mass is 35.5. The number of hydrogen-bond acceptors (Lipinski definition) is 5. The number of halogens is 1. The minimum Gasteiger partial charge on any atom is -0.462 e. The maximum Gasteiger partial charge on any atom is 0.330 e. The van der Waals surface area contributed by atoms with E-state index in [0.29, 0.717) is 35.4 Å². The molecule has 1 aromatic heterocycles. The van der Waals surface area contributed by atoms with Crippen LogP contribution in [0.3, 0.4) is 0 Å². The van der Waals surface area contributed by atoms with Crippen LogP contribution in [0.2, 0.25) is 5.15 Å². The van der Waals surface area contributed by atoms with E-state index in [1.54, 1.807) is 17.7 Å². The zero-order valence-corrected chi connectivity index (χ0v) is 16.6. The zero-order chi connectivity index (χ0) is 18.7. The van der Waals surface area contributed by atoms with Crippen LogP contribution in [0.1, 0.15) is 55.8 Å². The van der Waals surface area contributed by atoms with Crippen molar-refractivity contribution in [2.75, 3.05) is 18.1 Å². The Morgan fingerprint density at radius 2 is 2.04 bits per heavy atom. The van der Waals surface area contributed by atoms with Gasteiger partial charge in [-0.1, -0.05) is 30.9 Å². The smallest absolute Gasteiger partial charge is 0.330 e. The van der Waals surface area contributed by atoms with Crippen LogP contribution in [0.5, 0.6) is 0 Å². The van der Waals surface area contributed by atoms with Crippen molar-refractivity contribution in [1.29, 1.82) is 0 Å². The summed E-state index contributed by atoms with van der Waals surface area (Å²) in [4.78, 5) is 12.0. The number of sulfone groups is 1. The zero-order valence-electron chi connectivity index (χ0n) is 15.0. The Morgan fingerprint density at radius 1 is 1.31 bits per heavy atom. The van der Waals surface area contributed by atoms with E-state index in [2.05, 4.69) is 5.10 Å². The Balaban J connectivity index is 1.62. The number of rotatable bonds is 5. The predicted octanol–water partition coefficient (Wildman–Crippen LogP) is 3.34. The number of aryl methyl sites for hydroxylation is 1. The van der Waals surface area contributed by atoms with Crippen LogP contribution in [0.15, 0.2) is 6.08 Å². The third-order valence-electron chi connectivity index (χ3n) is 5.20. The maximum absolute atomic E-state index is 12.0. The van der Waals surface area contributed by atoms with Crippen molar-refractivity contribution in [3.8, 4) is 0 Å². The molecule has 1 aliphatic carbocycles. The molecule has 0 bridgehead atoms. The molecule has 0 spiro atoms. The largest absolute Gasteiger partial charge is 0.462 e. The molecule has 3 rings (SSSR count). The second kappa shape index (κ2) is 8.13. The summed E-state index contributed by atoms with van der Waals surface area (Å²) in [7, 11) is -3.02. The van der Waals surface area contributed by atoms with Crippen molar-refractivity contribution in [2.45, 2.75) is 51.5 Å². The first-order valence-corrected chi connectivity index (χ1v) is 11.4.